The summed E-state index contributed by atoms with van der Waals surface area (Å²) in [5.41, 5.74) is -0.721. The number of carbonyl (C=O) groups is 3. The van der Waals surface area contributed by atoms with E-state index in [2.05, 4.69) is 15.4 Å². The Morgan fingerprint density at radius 2 is 1.67 bits per heavy atom. The Hall–Kier alpha value is -3.18. The van der Waals surface area contributed by atoms with Gasteiger partial charge in [-0.25, -0.2) is 17.9 Å². The monoisotopic (exact) mass is 518 g/mol. The van der Waals surface area contributed by atoms with Crippen LogP contribution in [-0.4, -0.2) is 69.0 Å². The molecule has 0 saturated carbocycles. The molecule has 0 aromatic heterocycles. The molecule has 3 N–H and O–H groups in total. The third kappa shape index (κ3) is 7.92. The maximum absolute atomic E-state index is 13.1. The van der Waals surface area contributed by atoms with Crippen molar-refractivity contribution < 1.29 is 27.5 Å². The van der Waals surface area contributed by atoms with Gasteiger partial charge in [-0.1, -0.05) is 30.3 Å². The molecule has 1 fully saturated rings. The summed E-state index contributed by atoms with van der Waals surface area (Å²) in [7, 11) is -3.97. The van der Waals surface area contributed by atoms with Gasteiger partial charge >= 0.3 is 6.09 Å². The van der Waals surface area contributed by atoms with Crippen LogP contribution >= 0.6 is 0 Å². The summed E-state index contributed by atoms with van der Waals surface area (Å²) in [6.45, 7) is 5.52. The van der Waals surface area contributed by atoms with Gasteiger partial charge in [0.1, 0.15) is 11.6 Å². The lowest BCUT2D eigenvalue weighted by Gasteiger charge is -2.31. The van der Waals surface area contributed by atoms with E-state index in [1.165, 1.54) is 12.1 Å². The lowest BCUT2D eigenvalue weighted by Crippen LogP contribution is -2.56. The summed E-state index contributed by atoms with van der Waals surface area (Å²) in [5.74, 6) is -1.03. The van der Waals surface area contributed by atoms with Crippen molar-refractivity contribution in [2.75, 3.05) is 26.2 Å². The number of hydrogen-bond donors (Lipinski definition) is 3. The minimum atomic E-state index is -3.97. The Labute approximate surface area is 211 Å². The molecule has 2 aromatic carbocycles. The van der Waals surface area contributed by atoms with Crippen molar-refractivity contribution in [3.63, 3.8) is 0 Å². The number of alkyl carbamates (subject to hydrolysis) is 1. The molecular formula is C25H34N4O6S. The minimum absolute atomic E-state index is 0.0292. The number of hydrogen-bond acceptors (Lipinski definition) is 6. The average molecular weight is 519 g/mol. The van der Waals surface area contributed by atoms with E-state index in [0.29, 0.717) is 13.1 Å². The lowest BCUT2D eigenvalue weighted by atomic mass is 10.1. The zero-order valence-electron chi connectivity index (χ0n) is 20.9. The smallest absolute Gasteiger partial charge is 0.407 e. The van der Waals surface area contributed by atoms with E-state index in [9.17, 15) is 22.8 Å². The molecule has 1 aliphatic heterocycles. The molecule has 1 unspecified atom stereocenters. The summed E-state index contributed by atoms with van der Waals surface area (Å²) in [6, 6.07) is 11.0. The number of piperidine rings is 1. The van der Waals surface area contributed by atoms with Gasteiger partial charge in [-0.15, -0.1) is 0 Å². The molecule has 1 atom stereocenters. The van der Waals surface area contributed by atoms with Crippen LogP contribution in [0.15, 0.2) is 47.4 Å². The number of likely N-dealkylation sites (tertiary alicyclic amines) is 1. The van der Waals surface area contributed by atoms with E-state index in [4.69, 9.17) is 4.74 Å². The van der Waals surface area contributed by atoms with Crippen molar-refractivity contribution in [3.05, 3.63) is 42.5 Å². The van der Waals surface area contributed by atoms with Crippen LogP contribution in [0.5, 0.6) is 0 Å². The van der Waals surface area contributed by atoms with Gasteiger partial charge in [0.05, 0.1) is 18.0 Å². The Balaban J connectivity index is 1.64. The molecule has 0 bridgehead atoms. The van der Waals surface area contributed by atoms with Gasteiger partial charge in [0.2, 0.25) is 21.8 Å². The van der Waals surface area contributed by atoms with Gasteiger partial charge in [-0.05, 0) is 62.9 Å². The summed E-state index contributed by atoms with van der Waals surface area (Å²) in [4.78, 5) is 39.5. The SMILES string of the molecule is CC(C)(C)OC(=O)NCC(NC(=O)CNS(=O)(=O)c1ccc2ccccc2c1)C(=O)N1CCCCC1. The molecule has 10 nitrogen and oxygen atoms in total. The van der Waals surface area contributed by atoms with Gasteiger partial charge in [0.25, 0.3) is 0 Å². The molecule has 0 radical (unpaired) electrons. The van der Waals surface area contributed by atoms with Crippen LogP contribution < -0.4 is 15.4 Å². The highest BCUT2D eigenvalue weighted by atomic mass is 32.2. The minimum Gasteiger partial charge on any atom is -0.444 e. The number of amides is 3. The van der Waals surface area contributed by atoms with Gasteiger partial charge in [0, 0.05) is 13.1 Å². The summed E-state index contributed by atoms with van der Waals surface area (Å²) >= 11 is 0. The number of nitrogens with zero attached hydrogens (tertiary/aromatic N) is 1. The molecule has 196 valence electrons. The largest absolute Gasteiger partial charge is 0.444 e. The fourth-order valence-electron chi connectivity index (χ4n) is 3.86. The number of fused-ring (bicyclic) bond motifs is 1. The molecule has 0 aliphatic carbocycles. The number of ether oxygens (including phenoxy) is 1. The summed E-state index contributed by atoms with van der Waals surface area (Å²) < 4.78 is 33.0. The van der Waals surface area contributed by atoms with E-state index in [0.717, 1.165) is 30.0 Å². The molecule has 1 saturated heterocycles. The van der Waals surface area contributed by atoms with Crippen molar-refractivity contribution in [2.45, 2.75) is 56.6 Å². The third-order valence-electron chi connectivity index (χ3n) is 5.60. The quantitative estimate of drug-likeness (QED) is 0.490. The maximum atomic E-state index is 13.1. The second-order valence-electron chi connectivity index (χ2n) is 9.72. The zero-order valence-corrected chi connectivity index (χ0v) is 21.7. The Morgan fingerprint density at radius 1 is 1.00 bits per heavy atom. The normalized spacial score (nSPS) is 15.2. The van der Waals surface area contributed by atoms with E-state index in [1.54, 1.807) is 37.8 Å². The Kier molecular flexibility index (Phi) is 8.91. The van der Waals surface area contributed by atoms with Crippen molar-refractivity contribution in [2.24, 2.45) is 0 Å². The van der Waals surface area contributed by atoms with E-state index < -0.39 is 40.2 Å². The van der Waals surface area contributed by atoms with Crippen molar-refractivity contribution in [3.8, 4) is 0 Å². The van der Waals surface area contributed by atoms with Crippen LogP contribution in [0.2, 0.25) is 0 Å². The van der Waals surface area contributed by atoms with Crippen LogP contribution in [-0.2, 0) is 24.3 Å². The summed E-state index contributed by atoms with van der Waals surface area (Å²) in [6.07, 6.45) is 2.02. The van der Waals surface area contributed by atoms with Crippen LogP contribution in [0.25, 0.3) is 10.8 Å². The maximum Gasteiger partial charge on any atom is 0.407 e. The highest BCUT2D eigenvalue weighted by molar-refractivity contribution is 7.89. The second-order valence-corrected chi connectivity index (χ2v) is 11.5. The predicted octanol–water partition coefficient (Wildman–Crippen LogP) is 2.14. The van der Waals surface area contributed by atoms with Crippen LogP contribution in [0, 0.1) is 0 Å². The third-order valence-corrected chi connectivity index (χ3v) is 7.00. The average Bonchev–Trinajstić information content (AvgIpc) is 2.84. The fourth-order valence-corrected chi connectivity index (χ4v) is 4.88. The van der Waals surface area contributed by atoms with E-state index >= 15 is 0 Å². The Morgan fingerprint density at radius 3 is 2.33 bits per heavy atom. The topological polar surface area (TPSA) is 134 Å². The van der Waals surface area contributed by atoms with E-state index in [1.807, 2.05) is 18.2 Å². The number of sulfonamides is 1. The van der Waals surface area contributed by atoms with Crippen LogP contribution in [0.4, 0.5) is 4.79 Å². The van der Waals surface area contributed by atoms with Crippen molar-refractivity contribution >= 4 is 38.7 Å². The predicted molar refractivity (Wildman–Crippen MR) is 136 cm³/mol. The van der Waals surface area contributed by atoms with Crippen molar-refractivity contribution in [1.29, 1.82) is 0 Å². The highest BCUT2D eigenvalue weighted by Gasteiger charge is 2.28. The number of carbonyl (C=O) groups excluding carboxylic acids is 3. The van der Waals surface area contributed by atoms with Gasteiger partial charge in [-0.2, -0.15) is 0 Å². The number of nitrogens with one attached hydrogen (secondary N) is 3. The summed E-state index contributed by atoms with van der Waals surface area (Å²) in [5, 5.41) is 6.73. The Bertz CT molecular complexity index is 1200. The standard InChI is InChI=1S/C25H34N4O6S/c1-25(2,3)35-24(32)26-16-21(23(31)29-13-7-4-8-14-29)28-22(30)17-27-36(33,34)20-12-11-18-9-5-6-10-19(18)15-20/h5-6,9-12,15,21,27H,4,7-8,13-14,16-17H2,1-3H3,(H,26,32)(H,28,30). The van der Waals surface area contributed by atoms with Gasteiger partial charge in [-0.3, -0.25) is 9.59 Å². The molecule has 3 amide bonds. The number of rotatable bonds is 8. The first kappa shape index (κ1) is 27.4. The van der Waals surface area contributed by atoms with Crippen LogP contribution in [0.3, 0.4) is 0 Å². The van der Waals surface area contributed by atoms with Gasteiger partial charge < -0.3 is 20.3 Å². The molecule has 1 aliphatic rings. The first-order chi connectivity index (χ1) is 16.9. The lowest BCUT2D eigenvalue weighted by molar-refractivity contribution is -0.136. The highest BCUT2D eigenvalue weighted by Crippen LogP contribution is 2.18. The first-order valence-electron chi connectivity index (χ1n) is 12.0. The van der Waals surface area contributed by atoms with E-state index in [-0.39, 0.29) is 17.3 Å². The molecule has 3 rings (SSSR count). The molecule has 1 heterocycles. The zero-order chi connectivity index (χ0) is 26.3. The fraction of sp³-hybridized carbons (Fsp3) is 0.480. The number of benzene rings is 2. The molecular weight excluding hydrogens is 484 g/mol. The molecule has 11 heteroatoms. The first-order valence-corrected chi connectivity index (χ1v) is 13.5. The van der Waals surface area contributed by atoms with Gasteiger partial charge in [0.15, 0.2) is 0 Å². The second kappa shape index (κ2) is 11.7. The molecule has 2 aromatic rings. The molecule has 0 spiro atoms. The van der Waals surface area contributed by atoms with Crippen LogP contribution in [0.1, 0.15) is 40.0 Å². The molecule has 36 heavy (non-hydrogen) atoms. The van der Waals surface area contributed by atoms with Crippen molar-refractivity contribution in [1.82, 2.24) is 20.3 Å².